The first-order chi connectivity index (χ1) is 13.1. The fourth-order valence-corrected chi connectivity index (χ4v) is 2.70. The number of nitrogens with zero attached hydrogens (tertiary/aromatic N) is 5. The zero-order chi connectivity index (χ0) is 18.8. The van der Waals surface area contributed by atoms with Crippen molar-refractivity contribution in [1.82, 2.24) is 30.0 Å². The van der Waals surface area contributed by atoms with Crippen molar-refractivity contribution in [1.29, 1.82) is 0 Å². The third kappa shape index (κ3) is 3.36. The summed E-state index contributed by atoms with van der Waals surface area (Å²) in [4.78, 5) is 24.9. The van der Waals surface area contributed by atoms with E-state index in [0.29, 0.717) is 29.0 Å². The lowest BCUT2D eigenvalue weighted by atomic mass is 10.2. The molecule has 10 heteroatoms. The topological polar surface area (TPSA) is 116 Å². The molecule has 2 amide bonds. The molecule has 27 heavy (non-hydrogen) atoms. The molecule has 138 valence electrons. The van der Waals surface area contributed by atoms with Crippen molar-refractivity contribution >= 4 is 11.7 Å². The summed E-state index contributed by atoms with van der Waals surface area (Å²) < 4.78 is 12.2. The van der Waals surface area contributed by atoms with Crippen molar-refractivity contribution in [3.63, 3.8) is 0 Å². The number of ether oxygens (including phenoxy) is 2. The summed E-state index contributed by atoms with van der Waals surface area (Å²) >= 11 is 0. The molecule has 3 aromatic rings. The second-order valence-electron chi connectivity index (χ2n) is 5.92. The van der Waals surface area contributed by atoms with Gasteiger partial charge in [-0.3, -0.25) is 0 Å². The summed E-state index contributed by atoms with van der Waals surface area (Å²) in [6.07, 6.45) is 4.62. The van der Waals surface area contributed by atoms with E-state index in [2.05, 4.69) is 30.7 Å². The van der Waals surface area contributed by atoms with Gasteiger partial charge in [-0.25, -0.2) is 19.7 Å². The quantitative estimate of drug-likeness (QED) is 0.724. The highest BCUT2D eigenvalue weighted by Gasteiger charge is 2.20. The largest absolute Gasteiger partial charge is 0.454 e. The lowest BCUT2D eigenvalue weighted by molar-refractivity contribution is 0.174. The number of hydrogen-bond donors (Lipinski definition) is 2. The molecule has 2 aromatic heterocycles. The number of aryl methyl sites for hydroxylation is 1. The van der Waals surface area contributed by atoms with Gasteiger partial charge in [0.25, 0.3) is 5.95 Å². The van der Waals surface area contributed by atoms with Crippen LogP contribution in [0.5, 0.6) is 11.5 Å². The van der Waals surface area contributed by atoms with Crippen molar-refractivity contribution in [2.75, 3.05) is 12.1 Å². The molecular weight excluding hydrogens is 350 g/mol. The van der Waals surface area contributed by atoms with Gasteiger partial charge >= 0.3 is 6.03 Å². The van der Waals surface area contributed by atoms with Crippen LogP contribution in [0.25, 0.3) is 5.95 Å². The van der Waals surface area contributed by atoms with E-state index in [9.17, 15) is 4.79 Å². The zero-order valence-corrected chi connectivity index (χ0v) is 14.7. The molecule has 1 aliphatic rings. The van der Waals surface area contributed by atoms with E-state index in [4.69, 9.17) is 9.47 Å². The lowest BCUT2D eigenvalue weighted by Gasteiger charge is -2.15. The highest BCUT2D eigenvalue weighted by molar-refractivity contribution is 5.90. The predicted molar refractivity (Wildman–Crippen MR) is 94.8 cm³/mol. The molecule has 0 bridgehead atoms. The van der Waals surface area contributed by atoms with Gasteiger partial charge in [0.2, 0.25) is 6.79 Å². The Balaban J connectivity index is 1.47. The van der Waals surface area contributed by atoms with E-state index in [1.165, 1.54) is 11.0 Å². The van der Waals surface area contributed by atoms with Crippen LogP contribution in [0, 0.1) is 6.92 Å². The maximum atomic E-state index is 12.4. The first kappa shape index (κ1) is 16.8. The molecule has 2 N–H and O–H groups in total. The number of carbonyl (C=O) groups excluding carboxylic acids is 1. The van der Waals surface area contributed by atoms with Crippen LogP contribution >= 0.6 is 0 Å². The van der Waals surface area contributed by atoms with Crippen LogP contribution in [-0.4, -0.2) is 37.6 Å². The summed E-state index contributed by atoms with van der Waals surface area (Å²) in [6.45, 7) is 3.86. The molecule has 0 saturated heterocycles. The molecule has 3 heterocycles. The molecule has 0 spiro atoms. The number of benzene rings is 1. The van der Waals surface area contributed by atoms with E-state index in [0.717, 1.165) is 5.56 Å². The van der Waals surface area contributed by atoms with Crippen molar-refractivity contribution < 1.29 is 14.3 Å². The average Bonchev–Trinajstić information content (AvgIpc) is 3.31. The van der Waals surface area contributed by atoms with Gasteiger partial charge in [-0.05, 0) is 31.5 Å². The van der Waals surface area contributed by atoms with Gasteiger partial charge in [-0.1, -0.05) is 0 Å². The number of amides is 2. The van der Waals surface area contributed by atoms with Crippen molar-refractivity contribution in [2.45, 2.75) is 19.9 Å². The maximum Gasteiger partial charge on any atom is 0.319 e. The Hall–Kier alpha value is -3.69. The fourth-order valence-electron chi connectivity index (χ4n) is 2.70. The van der Waals surface area contributed by atoms with Gasteiger partial charge < -0.3 is 20.1 Å². The van der Waals surface area contributed by atoms with Crippen molar-refractivity contribution in [3.8, 4) is 17.4 Å². The number of carbonyl (C=O) groups is 1. The SMILES string of the molecule is Cc1cc2c(cc1NC(=O)NC(C)c1ncnn1-c1ncccn1)OCO2. The molecule has 0 fully saturated rings. The van der Waals surface area contributed by atoms with Crippen LogP contribution in [0.4, 0.5) is 10.5 Å². The van der Waals surface area contributed by atoms with Gasteiger partial charge in [-0.2, -0.15) is 9.78 Å². The zero-order valence-electron chi connectivity index (χ0n) is 14.7. The Morgan fingerprint density at radius 1 is 1.19 bits per heavy atom. The molecule has 4 rings (SSSR count). The number of hydrogen-bond acceptors (Lipinski definition) is 7. The van der Waals surface area contributed by atoms with Gasteiger partial charge in [-0.15, -0.1) is 0 Å². The summed E-state index contributed by atoms with van der Waals surface area (Å²) in [5.74, 6) is 2.16. The van der Waals surface area contributed by atoms with Crippen LogP contribution in [0.2, 0.25) is 0 Å². The Labute approximate surface area is 154 Å². The standard InChI is InChI=1S/C17H17N7O3/c1-10-6-13-14(27-9-26-13)7-12(10)23-17(25)22-11(2)15-20-8-21-24(15)16-18-4-3-5-19-16/h3-8,11H,9H2,1-2H3,(H2,22,23,25). The molecule has 0 saturated carbocycles. The average molecular weight is 367 g/mol. The maximum absolute atomic E-state index is 12.4. The van der Waals surface area contributed by atoms with E-state index < -0.39 is 6.04 Å². The third-order valence-corrected chi connectivity index (χ3v) is 4.02. The molecule has 0 aliphatic carbocycles. The number of anilines is 1. The molecule has 1 aliphatic heterocycles. The van der Waals surface area contributed by atoms with Gasteiger partial charge in [0.05, 0.1) is 6.04 Å². The second-order valence-corrected chi connectivity index (χ2v) is 5.92. The Kier molecular flexibility index (Phi) is 4.29. The van der Waals surface area contributed by atoms with Crippen molar-refractivity contribution in [2.24, 2.45) is 0 Å². The monoisotopic (exact) mass is 367 g/mol. The Morgan fingerprint density at radius 2 is 1.93 bits per heavy atom. The molecule has 10 nitrogen and oxygen atoms in total. The highest BCUT2D eigenvalue weighted by Crippen LogP contribution is 2.36. The van der Waals surface area contributed by atoms with E-state index in [-0.39, 0.29) is 12.8 Å². The van der Waals surface area contributed by atoms with Crippen LogP contribution in [0.3, 0.4) is 0 Å². The minimum Gasteiger partial charge on any atom is -0.454 e. The summed E-state index contributed by atoms with van der Waals surface area (Å²) in [6, 6.07) is 4.47. The fraction of sp³-hybridized carbons (Fsp3) is 0.235. The minimum absolute atomic E-state index is 0.179. The minimum atomic E-state index is -0.425. The molecule has 1 unspecified atom stereocenters. The molecule has 1 atom stereocenters. The number of aromatic nitrogens is 5. The van der Waals surface area contributed by atoms with Crippen LogP contribution in [-0.2, 0) is 0 Å². The summed E-state index contributed by atoms with van der Waals surface area (Å²) in [5.41, 5.74) is 1.50. The molecular formula is C17H17N7O3. The molecule has 1 aromatic carbocycles. The number of nitrogens with one attached hydrogen (secondary N) is 2. The number of rotatable bonds is 4. The lowest BCUT2D eigenvalue weighted by Crippen LogP contribution is -2.33. The normalized spacial score (nSPS) is 13.3. The van der Waals surface area contributed by atoms with Crippen LogP contribution < -0.4 is 20.1 Å². The first-order valence-corrected chi connectivity index (χ1v) is 8.27. The first-order valence-electron chi connectivity index (χ1n) is 8.27. The third-order valence-electron chi connectivity index (χ3n) is 4.02. The Bertz CT molecular complexity index is 974. The van der Waals surface area contributed by atoms with Gasteiger partial charge in [0, 0.05) is 24.1 Å². The van der Waals surface area contributed by atoms with E-state index >= 15 is 0 Å². The van der Waals surface area contributed by atoms with E-state index in [1.807, 2.05) is 13.0 Å². The smallest absolute Gasteiger partial charge is 0.319 e. The van der Waals surface area contributed by atoms with Gasteiger partial charge in [0.1, 0.15) is 6.33 Å². The van der Waals surface area contributed by atoms with Gasteiger partial charge in [0.15, 0.2) is 17.3 Å². The van der Waals surface area contributed by atoms with Crippen LogP contribution in [0.15, 0.2) is 36.9 Å². The number of urea groups is 1. The Morgan fingerprint density at radius 3 is 2.70 bits per heavy atom. The molecule has 0 radical (unpaired) electrons. The van der Waals surface area contributed by atoms with Crippen LogP contribution in [0.1, 0.15) is 24.4 Å². The second kappa shape index (κ2) is 6.90. The highest BCUT2D eigenvalue weighted by atomic mass is 16.7. The summed E-state index contributed by atoms with van der Waals surface area (Å²) in [7, 11) is 0. The number of fused-ring (bicyclic) bond motifs is 1. The predicted octanol–water partition coefficient (Wildman–Crippen LogP) is 1.98. The summed E-state index contributed by atoms with van der Waals surface area (Å²) in [5, 5.41) is 9.78. The van der Waals surface area contributed by atoms with Crippen molar-refractivity contribution in [3.05, 3.63) is 48.3 Å². The van der Waals surface area contributed by atoms with E-state index in [1.54, 1.807) is 31.5 Å².